The Hall–Kier alpha value is -2.11. The zero-order chi connectivity index (χ0) is 11.5. The lowest BCUT2D eigenvalue weighted by atomic mass is 10.3. The summed E-state index contributed by atoms with van der Waals surface area (Å²) < 4.78 is 5.06. The highest BCUT2D eigenvalue weighted by atomic mass is 16.5. The lowest BCUT2D eigenvalue weighted by Gasteiger charge is -2.04. The monoisotopic (exact) mass is 219 g/mol. The van der Waals surface area contributed by atoms with Gasteiger partial charge in [0, 0.05) is 17.8 Å². The fourth-order valence-electron chi connectivity index (χ4n) is 1.36. The first-order valence-electron chi connectivity index (χ1n) is 4.91. The van der Waals surface area contributed by atoms with Gasteiger partial charge in [0.2, 0.25) is 5.95 Å². The number of rotatable bonds is 3. The molecule has 0 fully saturated rings. The van der Waals surface area contributed by atoms with Gasteiger partial charge in [-0.2, -0.15) is 4.98 Å². The molecule has 0 aliphatic carbocycles. The Morgan fingerprint density at radius 1 is 1.25 bits per heavy atom. The third-order valence-electron chi connectivity index (χ3n) is 1.99. The predicted molar refractivity (Wildman–Crippen MR) is 59.7 cm³/mol. The molecule has 0 aliphatic heterocycles. The van der Waals surface area contributed by atoms with Crippen molar-refractivity contribution in [2.24, 2.45) is 0 Å². The zero-order valence-corrected chi connectivity index (χ0v) is 9.19. The fraction of sp³-hybridized carbons (Fsp3) is 0.300. The third-order valence-corrected chi connectivity index (χ3v) is 1.99. The average molecular weight is 219 g/mol. The molecule has 0 aromatic carbocycles. The highest BCUT2D eigenvalue weighted by Crippen LogP contribution is 2.09. The van der Waals surface area contributed by atoms with Gasteiger partial charge in [-0.05, 0) is 13.8 Å². The lowest BCUT2D eigenvalue weighted by Crippen LogP contribution is -2.04. The summed E-state index contributed by atoms with van der Waals surface area (Å²) in [6.07, 6.45) is 0. The molecular formula is C10H13N5O. The van der Waals surface area contributed by atoms with Crippen LogP contribution in [-0.2, 0) is 6.54 Å². The van der Waals surface area contributed by atoms with Gasteiger partial charge in [0.25, 0.3) is 0 Å². The average Bonchev–Trinajstić information content (AvgIpc) is 2.60. The second kappa shape index (κ2) is 4.18. The maximum absolute atomic E-state index is 5.53. The van der Waals surface area contributed by atoms with Gasteiger partial charge in [0.15, 0.2) is 5.76 Å². The van der Waals surface area contributed by atoms with Crippen LogP contribution in [0.15, 0.2) is 16.7 Å². The fourth-order valence-corrected chi connectivity index (χ4v) is 1.36. The highest BCUT2D eigenvalue weighted by molar-refractivity contribution is 5.40. The van der Waals surface area contributed by atoms with Crippen LogP contribution >= 0.6 is 0 Å². The Balaban J connectivity index is 2.04. The van der Waals surface area contributed by atoms with Crippen molar-refractivity contribution in [2.45, 2.75) is 20.4 Å². The number of aromatic nitrogens is 3. The highest BCUT2D eigenvalue weighted by Gasteiger charge is 2.02. The van der Waals surface area contributed by atoms with Crippen molar-refractivity contribution in [1.29, 1.82) is 0 Å². The summed E-state index contributed by atoms with van der Waals surface area (Å²) in [6.45, 7) is 4.26. The summed E-state index contributed by atoms with van der Waals surface area (Å²) >= 11 is 0. The van der Waals surface area contributed by atoms with E-state index < -0.39 is 0 Å². The molecule has 0 saturated carbocycles. The second-order valence-electron chi connectivity index (χ2n) is 3.54. The van der Waals surface area contributed by atoms with E-state index in [0.717, 1.165) is 17.1 Å². The maximum Gasteiger partial charge on any atom is 0.222 e. The van der Waals surface area contributed by atoms with Gasteiger partial charge in [0.05, 0.1) is 12.2 Å². The van der Waals surface area contributed by atoms with E-state index in [0.29, 0.717) is 12.4 Å². The van der Waals surface area contributed by atoms with Crippen LogP contribution in [0.4, 0.5) is 11.8 Å². The first-order chi connectivity index (χ1) is 7.63. The number of hydrogen-bond donors (Lipinski definition) is 2. The van der Waals surface area contributed by atoms with Crippen molar-refractivity contribution >= 4 is 11.8 Å². The molecule has 2 aromatic heterocycles. The molecule has 0 radical (unpaired) electrons. The van der Waals surface area contributed by atoms with Crippen molar-refractivity contribution in [3.63, 3.8) is 0 Å². The summed E-state index contributed by atoms with van der Waals surface area (Å²) in [4.78, 5) is 8.03. The summed E-state index contributed by atoms with van der Waals surface area (Å²) in [5.74, 6) is 1.70. The third kappa shape index (κ3) is 2.47. The molecule has 0 spiro atoms. The zero-order valence-electron chi connectivity index (χ0n) is 9.19. The van der Waals surface area contributed by atoms with Gasteiger partial charge >= 0.3 is 0 Å². The molecule has 2 heterocycles. The van der Waals surface area contributed by atoms with Crippen LogP contribution in [-0.4, -0.2) is 15.1 Å². The molecule has 0 bridgehead atoms. The van der Waals surface area contributed by atoms with Crippen LogP contribution in [0.2, 0.25) is 0 Å². The van der Waals surface area contributed by atoms with Crippen molar-refractivity contribution in [1.82, 2.24) is 15.1 Å². The molecule has 0 aliphatic rings. The molecule has 6 heteroatoms. The number of nitrogens with one attached hydrogen (secondary N) is 1. The molecular weight excluding hydrogens is 206 g/mol. The molecule has 2 rings (SSSR count). The Kier molecular flexibility index (Phi) is 2.72. The van der Waals surface area contributed by atoms with E-state index >= 15 is 0 Å². The van der Waals surface area contributed by atoms with E-state index in [2.05, 4.69) is 20.4 Å². The number of nitrogens with zero attached hydrogens (tertiary/aromatic N) is 3. The Bertz CT molecular complexity index is 473. The van der Waals surface area contributed by atoms with Crippen LogP contribution in [0.1, 0.15) is 17.1 Å². The van der Waals surface area contributed by atoms with Crippen molar-refractivity contribution in [3.8, 4) is 0 Å². The summed E-state index contributed by atoms with van der Waals surface area (Å²) in [5.41, 5.74) is 7.21. The summed E-state index contributed by atoms with van der Waals surface area (Å²) in [5, 5.41) is 6.88. The number of hydrogen-bond acceptors (Lipinski definition) is 6. The van der Waals surface area contributed by atoms with E-state index in [1.807, 2.05) is 26.0 Å². The van der Waals surface area contributed by atoms with Gasteiger partial charge in [-0.3, -0.25) is 0 Å². The summed E-state index contributed by atoms with van der Waals surface area (Å²) in [7, 11) is 0. The van der Waals surface area contributed by atoms with E-state index in [4.69, 9.17) is 10.3 Å². The SMILES string of the molecule is Cc1cc(CNc2cc(C)nc(N)n2)on1. The first kappa shape index (κ1) is 10.4. The quantitative estimate of drug-likeness (QED) is 0.808. The largest absolute Gasteiger partial charge is 0.368 e. The van der Waals surface area contributed by atoms with E-state index in [1.165, 1.54) is 0 Å². The van der Waals surface area contributed by atoms with Gasteiger partial charge in [0.1, 0.15) is 5.82 Å². The van der Waals surface area contributed by atoms with Crippen molar-refractivity contribution in [2.75, 3.05) is 11.1 Å². The second-order valence-corrected chi connectivity index (χ2v) is 3.54. The smallest absolute Gasteiger partial charge is 0.222 e. The van der Waals surface area contributed by atoms with Gasteiger partial charge in [-0.15, -0.1) is 0 Å². The number of nitrogen functional groups attached to an aromatic ring is 1. The van der Waals surface area contributed by atoms with Gasteiger partial charge in [-0.25, -0.2) is 4.98 Å². The van der Waals surface area contributed by atoms with Gasteiger partial charge in [-0.1, -0.05) is 5.16 Å². The lowest BCUT2D eigenvalue weighted by molar-refractivity contribution is 0.384. The molecule has 0 amide bonds. The molecule has 0 atom stereocenters. The van der Waals surface area contributed by atoms with Gasteiger partial charge < -0.3 is 15.6 Å². The number of aryl methyl sites for hydroxylation is 2. The van der Waals surface area contributed by atoms with Crippen molar-refractivity contribution < 1.29 is 4.52 Å². The maximum atomic E-state index is 5.53. The summed E-state index contributed by atoms with van der Waals surface area (Å²) in [6, 6.07) is 3.68. The molecule has 2 aromatic rings. The Morgan fingerprint density at radius 2 is 2.06 bits per heavy atom. The molecule has 0 saturated heterocycles. The standard InChI is InChI=1S/C10H13N5O/c1-6-4-9(14-10(11)13-6)12-5-8-3-7(2)15-16-8/h3-4H,5H2,1-2H3,(H3,11,12,13,14). The number of nitrogens with two attached hydrogens (primary N) is 1. The molecule has 6 nitrogen and oxygen atoms in total. The minimum atomic E-state index is 0.260. The minimum Gasteiger partial charge on any atom is -0.368 e. The normalized spacial score (nSPS) is 10.4. The van der Waals surface area contributed by atoms with E-state index in [9.17, 15) is 0 Å². The number of anilines is 2. The Labute approximate surface area is 92.9 Å². The minimum absolute atomic E-state index is 0.260. The van der Waals surface area contributed by atoms with E-state index in [-0.39, 0.29) is 5.95 Å². The molecule has 84 valence electrons. The van der Waals surface area contributed by atoms with Crippen LogP contribution in [0, 0.1) is 13.8 Å². The molecule has 0 unspecified atom stereocenters. The van der Waals surface area contributed by atoms with E-state index in [1.54, 1.807) is 0 Å². The first-order valence-corrected chi connectivity index (χ1v) is 4.91. The van der Waals surface area contributed by atoms with Crippen LogP contribution in [0.3, 0.4) is 0 Å². The molecule has 16 heavy (non-hydrogen) atoms. The van der Waals surface area contributed by atoms with Crippen molar-refractivity contribution in [3.05, 3.63) is 29.3 Å². The topological polar surface area (TPSA) is 89.9 Å². The van der Waals surface area contributed by atoms with Crippen LogP contribution in [0.5, 0.6) is 0 Å². The van der Waals surface area contributed by atoms with Crippen LogP contribution in [0.25, 0.3) is 0 Å². The molecule has 3 N–H and O–H groups in total. The van der Waals surface area contributed by atoms with Crippen LogP contribution < -0.4 is 11.1 Å². The predicted octanol–water partition coefficient (Wildman–Crippen LogP) is 1.28. The Morgan fingerprint density at radius 3 is 2.69 bits per heavy atom.